The molecule has 0 bridgehead atoms. The number of carbonyl (C=O) groups excluding carboxylic acids is 2. The van der Waals surface area contributed by atoms with Crippen molar-refractivity contribution in [2.45, 2.75) is 31.6 Å². The van der Waals surface area contributed by atoms with Crippen molar-refractivity contribution in [2.24, 2.45) is 0 Å². The molecule has 2 aromatic rings. The average Bonchev–Trinajstić information content (AvgIpc) is 3.25. The summed E-state index contributed by atoms with van der Waals surface area (Å²) in [5.41, 5.74) is -3.74. The molecule has 0 unspecified atom stereocenters. The van der Waals surface area contributed by atoms with Gasteiger partial charge in [-0.1, -0.05) is 23.7 Å². The largest absolute Gasteiger partial charge is 0.422 e. The van der Waals surface area contributed by atoms with Crippen LogP contribution in [-0.4, -0.2) is 41.4 Å². The van der Waals surface area contributed by atoms with Crippen molar-refractivity contribution in [1.29, 1.82) is 0 Å². The van der Waals surface area contributed by atoms with Crippen molar-refractivity contribution in [3.8, 4) is 0 Å². The molecule has 0 aromatic heterocycles. The highest BCUT2D eigenvalue weighted by Gasteiger charge is 2.43. The fourth-order valence-electron chi connectivity index (χ4n) is 3.63. The van der Waals surface area contributed by atoms with Gasteiger partial charge in [0.05, 0.1) is 0 Å². The Balaban J connectivity index is 1.79. The van der Waals surface area contributed by atoms with Crippen LogP contribution in [0.15, 0.2) is 24.3 Å². The van der Waals surface area contributed by atoms with E-state index in [9.17, 15) is 40.3 Å². The van der Waals surface area contributed by atoms with Gasteiger partial charge in [0.2, 0.25) is 5.91 Å². The van der Waals surface area contributed by atoms with Crippen LogP contribution in [0, 0.1) is 23.3 Å². The second-order valence-electron chi connectivity index (χ2n) is 7.61. The Labute approximate surface area is 194 Å². The summed E-state index contributed by atoms with van der Waals surface area (Å²) in [5.74, 6) is -10.7. The zero-order valence-corrected chi connectivity index (χ0v) is 18.2. The Bertz CT molecular complexity index is 1080. The molecule has 0 spiro atoms. The van der Waals surface area contributed by atoms with Crippen LogP contribution >= 0.6 is 11.6 Å². The first kappa shape index (κ1) is 25.6. The number of amides is 3. The lowest BCUT2D eigenvalue weighted by Gasteiger charge is -2.28. The van der Waals surface area contributed by atoms with Crippen molar-refractivity contribution in [1.82, 2.24) is 9.80 Å². The van der Waals surface area contributed by atoms with Crippen LogP contribution in [0.25, 0.3) is 0 Å². The van der Waals surface area contributed by atoms with E-state index in [1.165, 1.54) is 11.9 Å². The normalized spacial score (nSPS) is 16.0. The maximum Gasteiger partial charge on any atom is 0.422 e. The SMILES string of the molecule is CN(Cc1ccc(Cl)cc1)C(=O)[C@H]1CCCN1C(=O)Nc1c(F)c(F)c(C(F)(F)F)c(F)c1F. The molecule has 2 aromatic carbocycles. The molecule has 1 fully saturated rings. The van der Waals surface area contributed by atoms with Crippen LogP contribution < -0.4 is 5.32 Å². The van der Waals surface area contributed by atoms with Gasteiger partial charge in [-0.15, -0.1) is 0 Å². The molecule has 1 aliphatic heterocycles. The molecular weight excluding hydrogens is 495 g/mol. The number of benzene rings is 2. The Morgan fingerprint density at radius 3 is 2.15 bits per heavy atom. The molecule has 0 aliphatic carbocycles. The number of hydrogen-bond acceptors (Lipinski definition) is 2. The summed E-state index contributed by atoms with van der Waals surface area (Å²) in [4.78, 5) is 27.7. The number of alkyl halides is 3. The molecule has 1 atom stereocenters. The first-order chi connectivity index (χ1) is 15.8. The smallest absolute Gasteiger partial charge is 0.340 e. The molecule has 0 radical (unpaired) electrons. The van der Waals surface area contributed by atoms with E-state index < -0.39 is 58.7 Å². The van der Waals surface area contributed by atoms with E-state index >= 15 is 0 Å². The van der Waals surface area contributed by atoms with Gasteiger partial charge in [0.25, 0.3) is 0 Å². The van der Waals surface area contributed by atoms with Crippen molar-refractivity contribution in [3.05, 3.63) is 63.7 Å². The van der Waals surface area contributed by atoms with Crippen LogP contribution in [0.4, 0.5) is 41.2 Å². The Kier molecular flexibility index (Phi) is 7.29. The van der Waals surface area contributed by atoms with E-state index in [-0.39, 0.29) is 19.5 Å². The highest BCUT2D eigenvalue weighted by Crippen LogP contribution is 2.38. The molecule has 1 saturated heterocycles. The van der Waals surface area contributed by atoms with Gasteiger partial charge in [0.15, 0.2) is 23.3 Å². The van der Waals surface area contributed by atoms with Crippen LogP contribution in [0.5, 0.6) is 0 Å². The zero-order chi connectivity index (χ0) is 25.4. The molecular formula is C21H17ClF7N3O2. The third-order valence-electron chi connectivity index (χ3n) is 5.29. The van der Waals surface area contributed by atoms with Crippen molar-refractivity contribution in [3.63, 3.8) is 0 Å². The van der Waals surface area contributed by atoms with Crippen LogP contribution in [-0.2, 0) is 17.5 Å². The van der Waals surface area contributed by atoms with Gasteiger partial charge in [0, 0.05) is 25.2 Å². The molecule has 3 amide bonds. The lowest BCUT2D eigenvalue weighted by molar-refractivity contribution is -0.143. The van der Waals surface area contributed by atoms with E-state index in [4.69, 9.17) is 11.6 Å². The number of rotatable bonds is 4. The minimum absolute atomic E-state index is 0.0359. The lowest BCUT2D eigenvalue weighted by Crippen LogP contribution is -2.48. The Hall–Kier alpha value is -3.02. The standard InChI is InChI=1S/C21H17ClF7N3O2/c1-31(9-10-4-6-11(22)7-5-10)19(33)12-3-2-8-32(12)20(34)30-18-16(25)14(23)13(21(27,28)29)15(24)17(18)26/h4-7,12H,2-3,8-9H2,1H3,(H,30,34)/t12-/m1/s1. The molecule has 13 heteroatoms. The molecule has 1 heterocycles. The predicted octanol–water partition coefficient (Wildman–Crippen LogP) is 5.57. The summed E-state index contributed by atoms with van der Waals surface area (Å²) in [6.07, 6.45) is -5.18. The van der Waals surface area contributed by atoms with Gasteiger partial charge in [-0.3, -0.25) is 4.79 Å². The predicted molar refractivity (Wildman–Crippen MR) is 108 cm³/mol. The Morgan fingerprint density at radius 1 is 1.06 bits per heavy atom. The highest BCUT2D eigenvalue weighted by atomic mass is 35.5. The maximum atomic E-state index is 14.1. The van der Waals surface area contributed by atoms with E-state index in [0.29, 0.717) is 11.4 Å². The number of urea groups is 1. The van der Waals surface area contributed by atoms with Gasteiger partial charge >= 0.3 is 12.2 Å². The fourth-order valence-corrected chi connectivity index (χ4v) is 3.76. The summed E-state index contributed by atoms with van der Waals surface area (Å²) in [6.45, 7) is 0.117. The Morgan fingerprint density at radius 2 is 1.62 bits per heavy atom. The van der Waals surface area contributed by atoms with Crippen LogP contribution in [0.3, 0.4) is 0 Å². The van der Waals surface area contributed by atoms with Gasteiger partial charge in [-0.2, -0.15) is 13.2 Å². The summed E-state index contributed by atoms with van der Waals surface area (Å²) in [7, 11) is 1.46. The molecule has 3 rings (SSSR count). The molecule has 184 valence electrons. The van der Waals surface area contributed by atoms with Crippen LogP contribution in [0.1, 0.15) is 24.0 Å². The zero-order valence-electron chi connectivity index (χ0n) is 17.4. The molecule has 34 heavy (non-hydrogen) atoms. The van der Waals surface area contributed by atoms with E-state index in [1.807, 2.05) is 0 Å². The molecule has 5 nitrogen and oxygen atoms in total. The first-order valence-electron chi connectivity index (χ1n) is 9.83. The number of likely N-dealkylation sites (tertiary alicyclic amines) is 1. The van der Waals surface area contributed by atoms with Crippen molar-refractivity contribution >= 4 is 29.2 Å². The lowest BCUT2D eigenvalue weighted by atomic mass is 10.1. The quantitative estimate of drug-likeness (QED) is 0.431. The highest BCUT2D eigenvalue weighted by molar-refractivity contribution is 6.30. The summed E-state index contributed by atoms with van der Waals surface area (Å²) >= 11 is 5.82. The summed E-state index contributed by atoms with van der Waals surface area (Å²) < 4.78 is 94.2. The first-order valence-corrected chi connectivity index (χ1v) is 10.2. The van der Waals surface area contributed by atoms with Gasteiger partial charge < -0.3 is 15.1 Å². The minimum Gasteiger partial charge on any atom is -0.340 e. The number of anilines is 1. The maximum absolute atomic E-state index is 14.1. The second kappa shape index (κ2) is 9.69. The third kappa shape index (κ3) is 5.06. The van der Waals surface area contributed by atoms with E-state index in [2.05, 4.69) is 0 Å². The van der Waals surface area contributed by atoms with Gasteiger partial charge in [0.1, 0.15) is 17.3 Å². The molecule has 0 saturated carbocycles. The topological polar surface area (TPSA) is 52.7 Å². The minimum atomic E-state index is -5.71. The molecule has 1 aliphatic rings. The van der Waals surface area contributed by atoms with Crippen LogP contribution in [0.2, 0.25) is 5.02 Å². The average molecular weight is 512 g/mol. The monoisotopic (exact) mass is 511 g/mol. The summed E-state index contributed by atoms with van der Waals surface area (Å²) in [6, 6.07) is 4.25. The van der Waals surface area contributed by atoms with Crippen molar-refractivity contribution in [2.75, 3.05) is 18.9 Å². The number of nitrogens with one attached hydrogen (secondary N) is 1. The number of carbonyl (C=O) groups is 2. The number of halogens is 8. The number of hydrogen-bond donors (Lipinski definition) is 1. The van der Waals surface area contributed by atoms with E-state index in [0.717, 1.165) is 10.5 Å². The summed E-state index contributed by atoms with van der Waals surface area (Å²) in [5, 5.41) is 2.06. The third-order valence-corrected chi connectivity index (χ3v) is 5.54. The van der Waals surface area contributed by atoms with Gasteiger partial charge in [-0.25, -0.2) is 22.4 Å². The fraction of sp³-hybridized carbons (Fsp3) is 0.333. The number of likely N-dealkylation sites (N-methyl/N-ethyl adjacent to an activating group) is 1. The van der Waals surface area contributed by atoms with Gasteiger partial charge in [-0.05, 0) is 30.5 Å². The van der Waals surface area contributed by atoms with Crippen molar-refractivity contribution < 1.29 is 40.3 Å². The van der Waals surface area contributed by atoms with E-state index in [1.54, 1.807) is 29.6 Å². The molecule has 1 N–H and O–H groups in total. The number of nitrogens with zero attached hydrogens (tertiary/aromatic N) is 2. The second-order valence-corrected chi connectivity index (χ2v) is 8.04.